The molecule has 0 radical (unpaired) electrons. The van der Waals surface area contributed by atoms with E-state index in [1.165, 1.54) is 0 Å². The largest absolute Gasteiger partial charge is 0.631 e. The first-order valence-electron chi connectivity index (χ1n) is 3.10. The molecule has 0 aliphatic heterocycles. The van der Waals surface area contributed by atoms with Gasteiger partial charge in [-0.2, -0.15) is 0 Å². The van der Waals surface area contributed by atoms with E-state index in [-0.39, 0.29) is 21.1 Å². The van der Waals surface area contributed by atoms with Crippen molar-refractivity contribution in [2.45, 2.75) is 0 Å². The summed E-state index contributed by atoms with van der Waals surface area (Å²) < 4.78 is 0. The van der Waals surface area contributed by atoms with E-state index in [1.807, 2.05) is 0 Å². The molecule has 0 aromatic heterocycles. The van der Waals surface area contributed by atoms with Gasteiger partial charge in [-0.25, -0.2) is 0 Å². The second-order valence-corrected chi connectivity index (χ2v) is 1.39. The Balaban J connectivity index is -0.0000000369. The van der Waals surface area contributed by atoms with Crippen LogP contribution >= 0.6 is 0 Å². The van der Waals surface area contributed by atoms with E-state index in [2.05, 4.69) is 0 Å². The van der Waals surface area contributed by atoms with Crippen molar-refractivity contribution in [3.63, 3.8) is 0 Å². The number of rotatable bonds is 0. The third-order valence-electron chi connectivity index (χ3n) is 0. The van der Waals surface area contributed by atoms with Crippen LogP contribution in [-0.2, 0) is 21.1 Å². The van der Waals surface area contributed by atoms with E-state index < -0.39 is 29.3 Å². The van der Waals surface area contributed by atoms with Crippen molar-refractivity contribution >= 4 is 29.3 Å². The average Bonchev–Trinajstić information content (AvgIpc) is 1.76. The van der Waals surface area contributed by atoms with Gasteiger partial charge in [0, 0.05) is 21.1 Å². The molecule has 12 N–H and O–H groups in total. The Morgan fingerprint density at radius 1 is 0.294 bits per heavy atom. The third kappa shape index (κ3) is 15700. The summed E-state index contributed by atoms with van der Waals surface area (Å²) in [4.78, 5) is 0. The van der Waals surface area contributed by atoms with Gasteiger partial charge in [-0.1, -0.05) is 0 Å². The molecule has 17 heavy (non-hydrogen) atoms. The van der Waals surface area contributed by atoms with Crippen LogP contribution in [0.4, 0.5) is 0 Å². The first kappa shape index (κ1) is 30.5. The minimum atomic E-state index is -2.17. The zero-order valence-electron chi connectivity index (χ0n) is 7.99. The van der Waals surface area contributed by atoms with Crippen molar-refractivity contribution in [1.29, 1.82) is 0 Å². The second-order valence-electron chi connectivity index (χ2n) is 1.39. The summed E-state index contributed by atoms with van der Waals surface area (Å²) in [6.45, 7) is 0. The van der Waals surface area contributed by atoms with Crippen molar-refractivity contribution < 1.29 is 81.4 Å². The van der Waals surface area contributed by atoms with Crippen LogP contribution in [-0.4, -0.2) is 89.6 Å². The molecule has 0 aromatic rings. The van der Waals surface area contributed by atoms with E-state index in [9.17, 15) is 0 Å². The third-order valence-corrected chi connectivity index (χ3v) is 0. The Bertz CT molecular complexity index is 61.5. The smallest absolute Gasteiger partial charge is 0.402 e. The Labute approximate surface area is 111 Å². The molecular weight excluding hydrogens is 430 g/mol. The van der Waals surface area contributed by atoms with Crippen molar-refractivity contribution in [2.75, 3.05) is 0 Å². The molecular formula is H12B4O12Pt. The van der Waals surface area contributed by atoms with Gasteiger partial charge in [-0.15, -0.1) is 0 Å². The van der Waals surface area contributed by atoms with Gasteiger partial charge in [0.05, 0.1) is 0 Å². The van der Waals surface area contributed by atoms with Gasteiger partial charge in [0.2, 0.25) is 0 Å². The molecule has 0 aliphatic carbocycles. The molecule has 0 aliphatic rings. The molecule has 0 fully saturated rings. The van der Waals surface area contributed by atoms with Crippen molar-refractivity contribution in [3.05, 3.63) is 0 Å². The van der Waals surface area contributed by atoms with Gasteiger partial charge in [-0.3, -0.25) is 0 Å². The van der Waals surface area contributed by atoms with Crippen LogP contribution in [0.15, 0.2) is 0 Å². The second kappa shape index (κ2) is 25.3. The monoisotopic (exact) mass is 443 g/mol. The molecule has 17 heteroatoms. The summed E-state index contributed by atoms with van der Waals surface area (Å²) in [6, 6.07) is 0. The molecule has 0 heterocycles. The van der Waals surface area contributed by atoms with Crippen LogP contribution in [0.3, 0.4) is 0 Å². The summed E-state index contributed by atoms with van der Waals surface area (Å²) in [5, 5.41) is 86.0. The number of hydrogen-bond donors (Lipinski definition) is 12. The van der Waals surface area contributed by atoms with Crippen molar-refractivity contribution in [2.24, 2.45) is 0 Å². The molecule has 106 valence electrons. The number of hydrogen-bond acceptors (Lipinski definition) is 12. The van der Waals surface area contributed by atoms with Gasteiger partial charge < -0.3 is 60.3 Å². The Hall–Kier alpha value is 0.468. The first-order valence-corrected chi connectivity index (χ1v) is 3.10. The average molecular weight is 442 g/mol. The quantitative estimate of drug-likeness (QED) is 0.156. The maximum atomic E-state index is 7.17. The molecule has 0 saturated heterocycles. The molecule has 0 atom stereocenters. The fraction of sp³-hybridized carbons (Fsp3) is 0. The van der Waals surface area contributed by atoms with Gasteiger partial charge in [0.1, 0.15) is 0 Å². The molecule has 0 saturated carbocycles. The van der Waals surface area contributed by atoms with Crippen molar-refractivity contribution in [3.8, 4) is 0 Å². The SMILES string of the molecule is OB(O)O.OB(O)O.OB(O)O.OB(O)O.[Pt]. The van der Waals surface area contributed by atoms with E-state index in [0.717, 1.165) is 0 Å². The normalized spacial score (nSPS) is 6.35. The predicted octanol–water partition coefficient (Wildman–Crippen LogP) is -8.21. The van der Waals surface area contributed by atoms with E-state index in [1.54, 1.807) is 0 Å². The Morgan fingerprint density at radius 3 is 0.294 bits per heavy atom. The van der Waals surface area contributed by atoms with Crippen LogP contribution in [0.2, 0.25) is 0 Å². The van der Waals surface area contributed by atoms with Gasteiger partial charge >= 0.3 is 29.3 Å². The maximum absolute atomic E-state index is 7.17. The van der Waals surface area contributed by atoms with Crippen LogP contribution in [0.25, 0.3) is 0 Å². The summed E-state index contributed by atoms with van der Waals surface area (Å²) >= 11 is 0. The molecule has 0 rings (SSSR count). The fourth-order valence-corrected chi connectivity index (χ4v) is 0. The summed E-state index contributed by atoms with van der Waals surface area (Å²) in [5.41, 5.74) is 0. The van der Waals surface area contributed by atoms with Gasteiger partial charge in [-0.05, 0) is 0 Å². The standard InChI is InChI=1S/4BH3O3.Pt/c4*2-1(3)4;/h4*2-4H;. The molecule has 0 aromatic carbocycles. The zero-order valence-corrected chi connectivity index (χ0v) is 10.3. The predicted molar refractivity (Wildman–Crippen MR) is 49.6 cm³/mol. The van der Waals surface area contributed by atoms with E-state index in [4.69, 9.17) is 60.3 Å². The van der Waals surface area contributed by atoms with E-state index >= 15 is 0 Å². The Morgan fingerprint density at radius 2 is 0.294 bits per heavy atom. The maximum Gasteiger partial charge on any atom is 0.631 e. The van der Waals surface area contributed by atoms with Crippen LogP contribution in [0.1, 0.15) is 0 Å². The summed E-state index contributed by atoms with van der Waals surface area (Å²) in [6.07, 6.45) is 0. The molecule has 0 unspecified atom stereocenters. The zero-order chi connectivity index (χ0) is 14.3. The molecule has 0 spiro atoms. The van der Waals surface area contributed by atoms with Crippen LogP contribution < -0.4 is 0 Å². The van der Waals surface area contributed by atoms with Gasteiger partial charge in [0.15, 0.2) is 0 Å². The van der Waals surface area contributed by atoms with E-state index in [0.29, 0.717) is 0 Å². The molecule has 12 nitrogen and oxygen atoms in total. The molecule has 0 amide bonds. The minimum Gasteiger partial charge on any atom is -0.402 e. The summed E-state index contributed by atoms with van der Waals surface area (Å²) in [7, 11) is -8.67. The minimum absolute atomic E-state index is 0. The van der Waals surface area contributed by atoms with Gasteiger partial charge in [0.25, 0.3) is 0 Å². The first-order chi connectivity index (χ1) is 6.93. The fourth-order valence-electron chi connectivity index (χ4n) is 0. The van der Waals surface area contributed by atoms with Crippen LogP contribution in [0, 0.1) is 0 Å². The molecule has 0 bridgehead atoms. The Kier molecular flexibility index (Phi) is 45.4. The van der Waals surface area contributed by atoms with Crippen molar-refractivity contribution in [1.82, 2.24) is 0 Å². The summed E-state index contributed by atoms with van der Waals surface area (Å²) in [5.74, 6) is 0. The van der Waals surface area contributed by atoms with Crippen LogP contribution in [0.5, 0.6) is 0 Å². The topological polar surface area (TPSA) is 243 Å².